The van der Waals surface area contributed by atoms with Gasteiger partial charge in [-0.05, 0) is 22.4 Å². The van der Waals surface area contributed by atoms with E-state index in [2.05, 4.69) is 54.0 Å². The van der Waals surface area contributed by atoms with Crippen LogP contribution in [-0.4, -0.2) is 12.3 Å². The fourth-order valence-electron chi connectivity index (χ4n) is 2.83. The van der Waals surface area contributed by atoms with Crippen molar-refractivity contribution in [2.24, 2.45) is 4.99 Å². The predicted molar refractivity (Wildman–Crippen MR) is 100.0 cm³/mol. The summed E-state index contributed by atoms with van der Waals surface area (Å²) in [5.74, 6) is 1.44. The molecule has 1 heterocycles. The molecule has 3 aromatic rings. The number of fused-ring (bicyclic) bond motifs is 1. The van der Waals surface area contributed by atoms with E-state index >= 15 is 0 Å². The second-order valence-electron chi connectivity index (χ2n) is 5.78. The monoisotopic (exact) mass is 311 g/mol. The van der Waals surface area contributed by atoms with E-state index in [1.54, 1.807) is 0 Å². The number of nitrogens with zero attached hydrogens (tertiary/aromatic N) is 1. The Hall–Kier alpha value is -3.13. The van der Waals surface area contributed by atoms with Crippen LogP contribution < -0.4 is 0 Å². The van der Waals surface area contributed by atoms with Gasteiger partial charge in [-0.2, -0.15) is 0 Å². The topological polar surface area (TPSA) is 21.6 Å². The molecule has 0 radical (unpaired) electrons. The summed E-state index contributed by atoms with van der Waals surface area (Å²) in [5.41, 5.74) is 3.02. The third-order valence-electron chi connectivity index (χ3n) is 4.05. The van der Waals surface area contributed by atoms with Gasteiger partial charge in [-0.25, -0.2) is 0 Å². The molecule has 2 nitrogen and oxygen atoms in total. The van der Waals surface area contributed by atoms with Gasteiger partial charge < -0.3 is 4.74 Å². The molecular formula is C22H17NO. The average Bonchev–Trinajstić information content (AvgIpc) is 2.84. The van der Waals surface area contributed by atoms with E-state index in [0.29, 0.717) is 12.3 Å². The zero-order valence-electron chi connectivity index (χ0n) is 13.3. The second kappa shape index (κ2) is 6.17. The van der Waals surface area contributed by atoms with Crippen molar-refractivity contribution in [1.29, 1.82) is 0 Å². The second-order valence-corrected chi connectivity index (χ2v) is 5.78. The first-order valence-corrected chi connectivity index (χ1v) is 7.96. The molecule has 0 atom stereocenters. The minimum atomic E-state index is 0.470. The molecule has 0 amide bonds. The Morgan fingerprint density at radius 3 is 2.38 bits per heavy atom. The first-order valence-electron chi connectivity index (χ1n) is 7.96. The number of hydrogen-bond acceptors (Lipinski definition) is 2. The first-order chi connectivity index (χ1) is 11.8. The third kappa shape index (κ3) is 2.86. The van der Waals surface area contributed by atoms with Crippen LogP contribution in [0, 0.1) is 0 Å². The Labute approximate surface area is 141 Å². The van der Waals surface area contributed by atoms with E-state index in [1.807, 2.05) is 36.4 Å². The highest BCUT2D eigenvalue weighted by molar-refractivity contribution is 6.12. The maximum absolute atomic E-state index is 5.95. The number of ether oxygens (including phenoxy) is 1. The van der Waals surface area contributed by atoms with Gasteiger partial charge in [0.2, 0.25) is 0 Å². The van der Waals surface area contributed by atoms with Crippen LogP contribution in [0.5, 0.6) is 0 Å². The molecule has 0 fully saturated rings. The Bertz CT molecular complexity index is 967. The van der Waals surface area contributed by atoms with Gasteiger partial charge in [0, 0.05) is 11.6 Å². The number of allylic oxidation sites excluding steroid dienone is 1. The molecule has 1 aliphatic heterocycles. The van der Waals surface area contributed by atoms with E-state index in [0.717, 1.165) is 22.6 Å². The molecule has 24 heavy (non-hydrogen) atoms. The Kier molecular flexibility index (Phi) is 3.72. The van der Waals surface area contributed by atoms with Crippen molar-refractivity contribution < 1.29 is 4.74 Å². The number of hydrogen-bond donors (Lipinski definition) is 0. The molecule has 0 bridgehead atoms. The first kappa shape index (κ1) is 14.5. The zero-order valence-corrected chi connectivity index (χ0v) is 13.3. The van der Waals surface area contributed by atoms with Crippen LogP contribution in [-0.2, 0) is 4.74 Å². The summed E-state index contributed by atoms with van der Waals surface area (Å²) in [4.78, 5) is 4.63. The highest BCUT2D eigenvalue weighted by atomic mass is 16.5. The standard InChI is InChI=1S/C22H17NO/c1-16-15-23-21(18-8-3-2-4-9-18)14-22(24-16)20-12-11-17-7-5-6-10-19(17)13-20/h2-14H,1,15H2. The minimum Gasteiger partial charge on any atom is -0.460 e. The van der Waals surface area contributed by atoms with Crippen LogP contribution in [0.4, 0.5) is 0 Å². The average molecular weight is 311 g/mol. The summed E-state index contributed by atoms with van der Waals surface area (Å²) in [6.45, 7) is 4.44. The molecule has 0 saturated carbocycles. The Morgan fingerprint density at radius 2 is 1.54 bits per heavy atom. The van der Waals surface area contributed by atoms with Crippen molar-refractivity contribution in [3.8, 4) is 0 Å². The molecule has 0 N–H and O–H groups in total. The van der Waals surface area contributed by atoms with E-state index in [9.17, 15) is 0 Å². The van der Waals surface area contributed by atoms with E-state index in [4.69, 9.17) is 4.74 Å². The summed E-state index contributed by atoms with van der Waals surface area (Å²) in [6.07, 6.45) is 2.00. The summed E-state index contributed by atoms with van der Waals surface area (Å²) in [7, 11) is 0. The lowest BCUT2D eigenvalue weighted by atomic mass is 10.0. The number of benzene rings is 3. The predicted octanol–water partition coefficient (Wildman–Crippen LogP) is 5.21. The molecule has 1 aliphatic rings. The Morgan fingerprint density at radius 1 is 0.792 bits per heavy atom. The molecule has 116 valence electrons. The Balaban J connectivity index is 1.80. The molecule has 3 aromatic carbocycles. The molecule has 0 unspecified atom stereocenters. The zero-order chi connectivity index (χ0) is 16.4. The third-order valence-corrected chi connectivity index (χ3v) is 4.05. The van der Waals surface area contributed by atoms with Gasteiger partial charge >= 0.3 is 0 Å². The summed E-state index contributed by atoms with van der Waals surface area (Å²) in [6, 6.07) is 24.8. The van der Waals surface area contributed by atoms with Crippen molar-refractivity contribution in [3.05, 3.63) is 102 Å². The van der Waals surface area contributed by atoms with Crippen molar-refractivity contribution >= 4 is 22.2 Å². The van der Waals surface area contributed by atoms with Gasteiger partial charge in [-0.3, -0.25) is 4.99 Å². The van der Waals surface area contributed by atoms with Gasteiger partial charge in [-0.15, -0.1) is 0 Å². The molecule has 0 saturated heterocycles. The quantitative estimate of drug-likeness (QED) is 0.636. The number of rotatable bonds is 2. The normalized spacial score (nSPS) is 14.6. The van der Waals surface area contributed by atoms with Crippen LogP contribution in [0.3, 0.4) is 0 Å². The van der Waals surface area contributed by atoms with E-state index in [1.165, 1.54) is 10.8 Å². The van der Waals surface area contributed by atoms with E-state index in [-0.39, 0.29) is 0 Å². The van der Waals surface area contributed by atoms with Crippen LogP contribution >= 0.6 is 0 Å². The van der Waals surface area contributed by atoms with Gasteiger partial charge in [0.05, 0.1) is 12.3 Å². The van der Waals surface area contributed by atoms with Gasteiger partial charge in [0.15, 0.2) is 0 Å². The van der Waals surface area contributed by atoms with Crippen LogP contribution in [0.1, 0.15) is 11.1 Å². The van der Waals surface area contributed by atoms with Crippen molar-refractivity contribution in [2.75, 3.05) is 6.54 Å². The maximum atomic E-state index is 5.95. The van der Waals surface area contributed by atoms with Gasteiger partial charge in [0.25, 0.3) is 0 Å². The molecule has 4 rings (SSSR count). The summed E-state index contributed by atoms with van der Waals surface area (Å²) in [5, 5.41) is 2.40. The molecular weight excluding hydrogens is 294 g/mol. The lowest BCUT2D eigenvalue weighted by Crippen LogP contribution is -1.97. The van der Waals surface area contributed by atoms with E-state index < -0.39 is 0 Å². The van der Waals surface area contributed by atoms with Crippen molar-refractivity contribution in [1.82, 2.24) is 0 Å². The molecule has 0 aromatic heterocycles. The highest BCUT2D eigenvalue weighted by Gasteiger charge is 2.13. The SMILES string of the molecule is C=C1CN=C(c2ccccc2)C=C(c2ccc3ccccc3c2)O1. The lowest BCUT2D eigenvalue weighted by Gasteiger charge is -2.10. The van der Waals surface area contributed by atoms with Crippen molar-refractivity contribution in [2.45, 2.75) is 0 Å². The van der Waals surface area contributed by atoms with Crippen LogP contribution in [0.15, 0.2) is 96.2 Å². The van der Waals surface area contributed by atoms with Crippen LogP contribution in [0.25, 0.3) is 16.5 Å². The van der Waals surface area contributed by atoms with Crippen LogP contribution in [0.2, 0.25) is 0 Å². The van der Waals surface area contributed by atoms with Gasteiger partial charge in [-0.1, -0.05) is 73.3 Å². The molecule has 2 heteroatoms. The highest BCUT2D eigenvalue weighted by Crippen LogP contribution is 2.26. The molecule has 0 spiro atoms. The smallest absolute Gasteiger partial charge is 0.136 e. The van der Waals surface area contributed by atoms with Crippen molar-refractivity contribution in [3.63, 3.8) is 0 Å². The summed E-state index contributed by atoms with van der Waals surface area (Å²) >= 11 is 0. The lowest BCUT2D eigenvalue weighted by molar-refractivity contribution is 0.381. The summed E-state index contributed by atoms with van der Waals surface area (Å²) < 4.78 is 5.95. The minimum absolute atomic E-state index is 0.470. The number of aliphatic imine (C=N–C) groups is 1. The van der Waals surface area contributed by atoms with Gasteiger partial charge in [0.1, 0.15) is 11.5 Å². The fraction of sp³-hybridized carbons (Fsp3) is 0.0455. The maximum Gasteiger partial charge on any atom is 0.136 e. The molecule has 0 aliphatic carbocycles. The fourth-order valence-corrected chi connectivity index (χ4v) is 2.83. The largest absolute Gasteiger partial charge is 0.460 e.